The smallest absolute Gasteiger partial charge is 0.261 e. The summed E-state index contributed by atoms with van der Waals surface area (Å²) in [6.07, 6.45) is 1.76. The molecule has 1 aliphatic rings. The van der Waals surface area contributed by atoms with Crippen LogP contribution in [0.2, 0.25) is 0 Å². The van der Waals surface area contributed by atoms with E-state index in [0.717, 1.165) is 11.3 Å². The van der Waals surface area contributed by atoms with E-state index < -0.39 is 0 Å². The van der Waals surface area contributed by atoms with Crippen LogP contribution in [0.1, 0.15) is 32.7 Å². The standard InChI is InChI=1S/C21H20N2O3/c1-3-19(24)22(18-12-7-4-9-15(18)2)13-8-14-23-20(25)16-10-5-6-11-17(16)21(23)26/h3-7,9-12H,1,8,13-14H2,2H3. The summed E-state index contributed by atoms with van der Waals surface area (Å²) in [5, 5.41) is 0. The largest absolute Gasteiger partial charge is 0.309 e. The van der Waals surface area contributed by atoms with Gasteiger partial charge in [0.1, 0.15) is 0 Å². The first-order valence-electron chi connectivity index (χ1n) is 8.49. The molecule has 5 heteroatoms. The van der Waals surface area contributed by atoms with Crippen molar-refractivity contribution < 1.29 is 14.4 Å². The van der Waals surface area contributed by atoms with Crippen LogP contribution in [-0.2, 0) is 4.79 Å². The van der Waals surface area contributed by atoms with Crippen molar-refractivity contribution >= 4 is 23.4 Å². The highest BCUT2D eigenvalue weighted by Crippen LogP contribution is 2.24. The van der Waals surface area contributed by atoms with E-state index >= 15 is 0 Å². The van der Waals surface area contributed by atoms with Crippen LogP contribution in [0.4, 0.5) is 5.69 Å². The molecule has 26 heavy (non-hydrogen) atoms. The van der Waals surface area contributed by atoms with Gasteiger partial charge in [0.2, 0.25) is 5.91 Å². The molecule has 0 N–H and O–H groups in total. The molecule has 0 saturated heterocycles. The molecule has 5 nitrogen and oxygen atoms in total. The van der Waals surface area contributed by atoms with E-state index in [1.807, 2.05) is 31.2 Å². The molecule has 0 saturated carbocycles. The molecule has 3 amide bonds. The Hall–Kier alpha value is -3.21. The highest BCUT2D eigenvalue weighted by molar-refractivity contribution is 6.21. The van der Waals surface area contributed by atoms with E-state index in [9.17, 15) is 14.4 Å². The topological polar surface area (TPSA) is 57.7 Å². The van der Waals surface area contributed by atoms with E-state index in [-0.39, 0.29) is 24.3 Å². The van der Waals surface area contributed by atoms with E-state index in [0.29, 0.717) is 24.1 Å². The third kappa shape index (κ3) is 3.16. The molecule has 1 aliphatic heterocycles. The Balaban J connectivity index is 1.71. The number of hydrogen-bond acceptors (Lipinski definition) is 3. The van der Waals surface area contributed by atoms with Gasteiger partial charge in [-0.1, -0.05) is 36.9 Å². The quantitative estimate of drug-likeness (QED) is 0.595. The van der Waals surface area contributed by atoms with E-state index in [4.69, 9.17) is 0 Å². The molecule has 0 aromatic heterocycles. The molecule has 2 aromatic rings. The number of anilines is 1. The van der Waals surface area contributed by atoms with Crippen molar-refractivity contribution in [1.82, 2.24) is 4.90 Å². The lowest BCUT2D eigenvalue weighted by molar-refractivity contribution is -0.114. The van der Waals surface area contributed by atoms with Crippen molar-refractivity contribution in [3.05, 3.63) is 77.9 Å². The third-order valence-corrected chi connectivity index (χ3v) is 4.49. The molecule has 3 rings (SSSR count). The van der Waals surface area contributed by atoms with Gasteiger partial charge in [-0.2, -0.15) is 0 Å². The van der Waals surface area contributed by atoms with Gasteiger partial charge in [-0.15, -0.1) is 0 Å². The number of aryl methyl sites for hydroxylation is 1. The van der Waals surface area contributed by atoms with Crippen molar-refractivity contribution in [3.63, 3.8) is 0 Å². The van der Waals surface area contributed by atoms with Crippen LogP contribution >= 0.6 is 0 Å². The Labute approximate surface area is 152 Å². The van der Waals surface area contributed by atoms with E-state index in [2.05, 4.69) is 6.58 Å². The van der Waals surface area contributed by atoms with Crippen molar-refractivity contribution in [2.45, 2.75) is 13.3 Å². The summed E-state index contributed by atoms with van der Waals surface area (Å²) >= 11 is 0. The van der Waals surface area contributed by atoms with Gasteiger partial charge in [-0.25, -0.2) is 0 Å². The summed E-state index contributed by atoms with van der Waals surface area (Å²) in [4.78, 5) is 39.9. The molecule has 0 unspecified atom stereocenters. The number of para-hydroxylation sites is 1. The van der Waals surface area contributed by atoms with Crippen LogP contribution in [0.25, 0.3) is 0 Å². The van der Waals surface area contributed by atoms with Crippen LogP contribution < -0.4 is 4.90 Å². The number of fused-ring (bicyclic) bond motifs is 1. The molecule has 0 spiro atoms. The van der Waals surface area contributed by atoms with Crippen molar-refractivity contribution in [2.75, 3.05) is 18.0 Å². The van der Waals surface area contributed by atoms with Crippen LogP contribution in [0.15, 0.2) is 61.2 Å². The zero-order valence-corrected chi connectivity index (χ0v) is 14.6. The summed E-state index contributed by atoms with van der Waals surface area (Å²) < 4.78 is 0. The van der Waals surface area contributed by atoms with Crippen LogP contribution in [0.5, 0.6) is 0 Å². The van der Waals surface area contributed by atoms with Gasteiger partial charge in [0.15, 0.2) is 0 Å². The summed E-state index contributed by atoms with van der Waals surface area (Å²) in [5.74, 6) is -0.757. The molecule has 0 radical (unpaired) electrons. The second-order valence-corrected chi connectivity index (χ2v) is 6.14. The summed E-state index contributed by atoms with van der Waals surface area (Å²) in [7, 11) is 0. The lowest BCUT2D eigenvalue weighted by Gasteiger charge is -2.24. The van der Waals surface area contributed by atoms with Crippen LogP contribution in [0, 0.1) is 6.92 Å². The van der Waals surface area contributed by atoms with E-state index in [1.54, 1.807) is 29.2 Å². The van der Waals surface area contributed by atoms with Gasteiger partial charge in [-0.05, 0) is 43.2 Å². The number of carbonyl (C=O) groups is 3. The predicted octanol–water partition coefficient (Wildman–Crippen LogP) is 3.20. The molecule has 2 aromatic carbocycles. The Kier molecular flexibility index (Phi) is 4.98. The first kappa shape index (κ1) is 17.6. The maximum atomic E-state index is 12.4. The normalized spacial score (nSPS) is 12.9. The summed E-state index contributed by atoms with van der Waals surface area (Å²) in [6.45, 7) is 6.15. The number of benzene rings is 2. The number of imide groups is 1. The SMILES string of the molecule is C=CC(=O)N(CCCN1C(=O)c2ccccc2C1=O)c1ccccc1C. The first-order chi connectivity index (χ1) is 12.5. The van der Waals surface area contributed by atoms with Gasteiger partial charge in [0.05, 0.1) is 11.1 Å². The molecule has 0 atom stereocenters. The molecular formula is C21H20N2O3. The fourth-order valence-corrected chi connectivity index (χ4v) is 3.15. The lowest BCUT2D eigenvalue weighted by atomic mass is 10.1. The van der Waals surface area contributed by atoms with Gasteiger partial charge in [0.25, 0.3) is 11.8 Å². The first-order valence-corrected chi connectivity index (χ1v) is 8.49. The fourth-order valence-electron chi connectivity index (χ4n) is 3.15. The Morgan fingerprint density at radius 2 is 1.62 bits per heavy atom. The van der Waals surface area contributed by atoms with Crippen molar-refractivity contribution in [2.24, 2.45) is 0 Å². The second kappa shape index (κ2) is 7.35. The van der Waals surface area contributed by atoms with Gasteiger partial charge in [-0.3, -0.25) is 19.3 Å². The predicted molar refractivity (Wildman–Crippen MR) is 100 cm³/mol. The van der Waals surface area contributed by atoms with Gasteiger partial charge < -0.3 is 4.90 Å². The van der Waals surface area contributed by atoms with Gasteiger partial charge in [0, 0.05) is 18.8 Å². The number of nitrogens with zero attached hydrogens (tertiary/aromatic N) is 2. The maximum absolute atomic E-state index is 12.4. The molecule has 0 fully saturated rings. The highest BCUT2D eigenvalue weighted by Gasteiger charge is 2.34. The Morgan fingerprint density at radius 3 is 2.19 bits per heavy atom. The minimum Gasteiger partial charge on any atom is -0.309 e. The average molecular weight is 348 g/mol. The number of hydrogen-bond donors (Lipinski definition) is 0. The fraction of sp³-hybridized carbons (Fsp3) is 0.190. The highest BCUT2D eigenvalue weighted by atomic mass is 16.2. The number of carbonyl (C=O) groups excluding carboxylic acids is 3. The molecular weight excluding hydrogens is 328 g/mol. The maximum Gasteiger partial charge on any atom is 0.261 e. The number of amides is 3. The molecule has 1 heterocycles. The third-order valence-electron chi connectivity index (χ3n) is 4.49. The monoisotopic (exact) mass is 348 g/mol. The van der Waals surface area contributed by atoms with Crippen LogP contribution in [0.3, 0.4) is 0 Å². The zero-order chi connectivity index (χ0) is 18.7. The van der Waals surface area contributed by atoms with Gasteiger partial charge >= 0.3 is 0 Å². The summed E-state index contributed by atoms with van der Waals surface area (Å²) in [5.41, 5.74) is 2.66. The minimum atomic E-state index is -0.275. The van der Waals surface area contributed by atoms with Crippen LogP contribution in [-0.4, -0.2) is 35.7 Å². The second-order valence-electron chi connectivity index (χ2n) is 6.14. The Morgan fingerprint density at radius 1 is 1.04 bits per heavy atom. The molecule has 132 valence electrons. The Bertz CT molecular complexity index is 853. The lowest BCUT2D eigenvalue weighted by Crippen LogP contribution is -2.35. The van der Waals surface area contributed by atoms with Crippen molar-refractivity contribution in [3.8, 4) is 0 Å². The minimum absolute atomic E-state index is 0.207. The summed E-state index contributed by atoms with van der Waals surface area (Å²) in [6, 6.07) is 14.4. The van der Waals surface area contributed by atoms with E-state index in [1.165, 1.54) is 11.0 Å². The molecule has 0 bridgehead atoms. The average Bonchev–Trinajstić information content (AvgIpc) is 2.90. The molecule has 0 aliphatic carbocycles. The number of rotatable bonds is 6. The van der Waals surface area contributed by atoms with Crippen molar-refractivity contribution in [1.29, 1.82) is 0 Å². The zero-order valence-electron chi connectivity index (χ0n) is 14.6.